The molecule has 0 spiro atoms. The van der Waals surface area contributed by atoms with E-state index >= 15 is 0 Å². The number of hydrogen-bond donors (Lipinski definition) is 1. The molecule has 0 amide bonds. The maximum atomic E-state index is 3.41. The Morgan fingerprint density at radius 2 is 2.20 bits per heavy atom. The van der Waals surface area contributed by atoms with E-state index in [4.69, 9.17) is 0 Å². The van der Waals surface area contributed by atoms with Gasteiger partial charge in [-0.2, -0.15) is 0 Å². The quantitative estimate of drug-likeness (QED) is 0.626. The predicted molar refractivity (Wildman–Crippen MR) is 47.8 cm³/mol. The van der Waals surface area contributed by atoms with Crippen LogP contribution in [0.5, 0.6) is 0 Å². The summed E-state index contributed by atoms with van der Waals surface area (Å²) < 4.78 is 0. The van der Waals surface area contributed by atoms with E-state index in [-0.39, 0.29) is 17.0 Å². The maximum Gasteiger partial charge on any atom is 0.0221 e. The number of fused-ring (bicyclic) bond motifs is 1. The zero-order chi connectivity index (χ0) is 6.10. The summed E-state index contributed by atoms with van der Waals surface area (Å²) in [5.41, 5.74) is 0. The second-order valence-electron chi connectivity index (χ2n) is 3.04. The van der Waals surface area contributed by atoms with Crippen LogP contribution in [0, 0.1) is 0 Å². The fourth-order valence-electron chi connectivity index (χ4n) is 1.91. The summed E-state index contributed by atoms with van der Waals surface area (Å²) in [4.78, 5) is 2.61. The molecule has 0 aromatic rings. The lowest BCUT2D eigenvalue weighted by atomic mass is 10.2. The van der Waals surface area contributed by atoms with Crippen molar-refractivity contribution in [3.63, 3.8) is 0 Å². The molecule has 0 aromatic heterocycles. The molecular formula is C7H15BrN2. The van der Waals surface area contributed by atoms with Gasteiger partial charge < -0.3 is 5.32 Å². The molecule has 2 nitrogen and oxygen atoms in total. The summed E-state index contributed by atoms with van der Waals surface area (Å²) in [5, 5.41) is 3.41. The van der Waals surface area contributed by atoms with E-state index in [1.807, 2.05) is 0 Å². The molecule has 0 aliphatic carbocycles. The third-order valence-corrected chi connectivity index (χ3v) is 2.45. The Labute approximate surface area is 72.7 Å². The van der Waals surface area contributed by atoms with Crippen LogP contribution in [-0.2, 0) is 0 Å². The van der Waals surface area contributed by atoms with Gasteiger partial charge in [0.1, 0.15) is 0 Å². The fraction of sp³-hybridized carbons (Fsp3) is 1.00. The lowest BCUT2D eigenvalue weighted by Crippen LogP contribution is -2.47. The second-order valence-corrected chi connectivity index (χ2v) is 3.04. The van der Waals surface area contributed by atoms with E-state index in [2.05, 4.69) is 10.2 Å². The second kappa shape index (κ2) is 3.69. The van der Waals surface area contributed by atoms with E-state index in [9.17, 15) is 0 Å². The normalized spacial score (nSPS) is 33.0. The number of rotatable bonds is 0. The van der Waals surface area contributed by atoms with Crippen LogP contribution in [0.15, 0.2) is 0 Å². The summed E-state index contributed by atoms with van der Waals surface area (Å²) in [6.07, 6.45) is 2.85. The molecule has 60 valence electrons. The largest absolute Gasteiger partial charge is 0.314 e. The van der Waals surface area contributed by atoms with Crippen molar-refractivity contribution < 1.29 is 0 Å². The van der Waals surface area contributed by atoms with Gasteiger partial charge in [-0.05, 0) is 19.4 Å². The molecule has 3 heteroatoms. The smallest absolute Gasteiger partial charge is 0.0221 e. The van der Waals surface area contributed by atoms with Crippen molar-refractivity contribution in [2.24, 2.45) is 0 Å². The van der Waals surface area contributed by atoms with Crippen molar-refractivity contribution in [2.75, 3.05) is 26.2 Å². The Morgan fingerprint density at radius 3 is 3.00 bits per heavy atom. The van der Waals surface area contributed by atoms with Crippen molar-refractivity contribution >= 4 is 17.0 Å². The van der Waals surface area contributed by atoms with Crippen LogP contribution in [0.4, 0.5) is 0 Å². The van der Waals surface area contributed by atoms with Gasteiger partial charge in [-0.3, -0.25) is 4.90 Å². The lowest BCUT2D eigenvalue weighted by molar-refractivity contribution is 0.212. The van der Waals surface area contributed by atoms with E-state index < -0.39 is 0 Å². The molecule has 0 saturated carbocycles. The number of nitrogens with zero attached hydrogens (tertiary/aromatic N) is 1. The topological polar surface area (TPSA) is 15.3 Å². The van der Waals surface area contributed by atoms with Crippen LogP contribution < -0.4 is 5.32 Å². The third-order valence-electron chi connectivity index (χ3n) is 2.45. The lowest BCUT2D eigenvalue weighted by Gasteiger charge is -2.29. The van der Waals surface area contributed by atoms with Crippen molar-refractivity contribution in [1.29, 1.82) is 0 Å². The molecule has 2 aliphatic heterocycles. The highest BCUT2D eigenvalue weighted by molar-refractivity contribution is 8.93. The summed E-state index contributed by atoms with van der Waals surface area (Å²) in [5.74, 6) is 0. The van der Waals surface area contributed by atoms with Crippen LogP contribution >= 0.6 is 17.0 Å². The van der Waals surface area contributed by atoms with E-state index in [0.717, 1.165) is 6.04 Å². The highest BCUT2D eigenvalue weighted by Crippen LogP contribution is 2.17. The van der Waals surface area contributed by atoms with Crippen LogP contribution in [0.2, 0.25) is 0 Å². The first kappa shape index (κ1) is 8.50. The van der Waals surface area contributed by atoms with Crippen LogP contribution in [0.3, 0.4) is 0 Å². The maximum absolute atomic E-state index is 3.41. The first-order valence-electron chi connectivity index (χ1n) is 3.91. The van der Waals surface area contributed by atoms with E-state index in [0.29, 0.717) is 0 Å². The van der Waals surface area contributed by atoms with E-state index in [1.54, 1.807) is 0 Å². The Balaban J connectivity index is 0.000000500. The monoisotopic (exact) mass is 206 g/mol. The van der Waals surface area contributed by atoms with Crippen molar-refractivity contribution in [2.45, 2.75) is 18.9 Å². The molecule has 0 bridgehead atoms. The first-order chi connectivity index (χ1) is 4.47. The molecule has 0 aromatic carbocycles. The van der Waals surface area contributed by atoms with Gasteiger partial charge in [0, 0.05) is 25.7 Å². The number of nitrogens with one attached hydrogen (secondary N) is 1. The standard InChI is InChI=1S/C7H14N2.BrH/c1-2-7-6-8-3-5-9(7)4-1;/h7-8H,1-6H2;1H/t7-;/m0./s1. The molecule has 2 rings (SSSR count). The molecular weight excluding hydrogens is 192 g/mol. The molecule has 0 unspecified atom stereocenters. The van der Waals surface area contributed by atoms with Gasteiger partial charge in [-0.15, -0.1) is 17.0 Å². The Bertz CT molecular complexity index is 95.8. The van der Waals surface area contributed by atoms with Crippen molar-refractivity contribution in [1.82, 2.24) is 10.2 Å². The van der Waals surface area contributed by atoms with Gasteiger partial charge in [0.15, 0.2) is 0 Å². The van der Waals surface area contributed by atoms with Crippen LogP contribution in [0.25, 0.3) is 0 Å². The van der Waals surface area contributed by atoms with E-state index in [1.165, 1.54) is 39.0 Å². The Hall–Kier alpha value is 0.400. The third kappa shape index (κ3) is 1.52. The van der Waals surface area contributed by atoms with Gasteiger partial charge in [-0.25, -0.2) is 0 Å². The molecule has 2 fully saturated rings. The Morgan fingerprint density at radius 1 is 1.30 bits per heavy atom. The summed E-state index contributed by atoms with van der Waals surface area (Å²) in [6.45, 7) is 5.08. The average molecular weight is 207 g/mol. The van der Waals surface area contributed by atoms with Crippen molar-refractivity contribution in [3.8, 4) is 0 Å². The van der Waals surface area contributed by atoms with Gasteiger partial charge in [0.2, 0.25) is 0 Å². The first-order valence-corrected chi connectivity index (χ1v) is 3.91. The van der Waals surface area contributed by atoms with Crippen molar-refractivity contribution in [3.05, 3.63) is 0 Å². The molecule has 2 saturated heterocycles. The minimum Gasteiger partial charge on any atom is -0.314 e. The van der Waals surface area contributed by atoms with Gasteiger partial charge in [0.05, 0.1) is 0 Å². The van der Waals surface area contributed by atoms with Gasteiger partial charge >= 0.3 is 0 Å². The van der Waals surface area contributed by atoms with Gasteiger partial charge in [0.25, 0.3) is 0 Å². The molecule has 2 heterocycles. The fourth-order valence-corrected chi connectivity index (χ4v) is 1.91. The average Bonchev–Trinajstić information content (AvgIpc) is 2.33. The molecule has 0 radical (unpaired) electrons. The minimum atomic E-state index is 0. The summed E-state index contributed by atoms with van der Waals surface area (Å²) in [7, 11) is 0. The zero-order valence-electron chi connectivity index (χ0n) is 6.18. The zero-order valence-corrected chi connectivity index (χ0v) is 7.89. The highest BCUT2D eigenvalue weighted by atomic mass is 79.9. The molecule has 1 N–H and O–H groups in total. The summed E-state index contributed by atoms with van der Waals surface area (Å²) >= 11 is 0. The SMILES string of the molecule is Br.C1C[C@H]2CNCCN2C1. The minimum absolute atomic E-state index is 0. The number of piperazine rings is 1. The van der Waals surface area contributed by atoms with Gasteiger partial charge in [-0.1, -0.05) is 0 Å². The molecule has 2 aliphatic rings. The highest BCUT2D eigenvalue weighted by Gasteiger charge is 2.25. The van der Waals surface area contributed by atoms with Crippen LogP contribution in [0.1, 0.15) is 12.8 Å². The molecule has 1 atom stereocenters. The number of halogens is 1. The predicted octanol–water partition coefficient (Wildman–Crippen LogP) is 0.632. The summed E-state index contributed by atoms with van der Waals surface area (Å²) in [6, 6.07) is 0.888. The Kier molecular flexibility index (Phi) is 3.14. The van der Waals surface area contributed by atoms with Crippen LogP contribution in [-0.4, -0.2) is 37.1 Å². The number of hydrogen-bond acceptors (Lipinski definition) is 2. The molecule has 10 heavy (non-hydrogen) atoms.